The number of hydrogen-bond acceptors (Lipinski definition) is 4. The van der Waals surface area contributed by atoms with Gasteiger partial charge in [-0.1, -0.05) is 18.2 Å². The van der Waals surface area contributed by atoms with Crippen molar-refractivity contribution >= 4 is 17.7 Å². The van der Waals surface area contributed by atoms with Crippen LogP contribution in [-0.4, -0.2) is 64.0 Å². The van der Waals surface area contributed by atoms with Crippen LogP contribution in [0.5, 0.6) is 0 Å². The van der Waals surface area contributed by atoms with E-state index in [0.717, 1.165) is 49.7 Å². The molecule has 6 heteroatoms. The van der Waals surface area contributed by atoms with Crippen molar-refractivity contribution in [2.24, 2.45) is 7.05 Å². The maximum absolute atomic E-state index is 12.6. The van der Waals surface area contributed by atoms with Gasteiger partial charge in [-0.25, -0.2) is 0 Å². The van der Waals surface area contributed by atoms with E-state index in [1.165, 1.54) is 4.90 Å². The summed E-state index contributed by atoms with van der Waals surface area (Å²) in [7, 11) is 1.87. The Kier molecular flexibility index (Phi) is 5.58. The van der Waals surface area contributed by atoms with Crippen molar-refractivity contribution in [2.45, 2.75) is 11.8 Å². The van der Waals surface area contributed by atoms with Crippen molar-refractivity contribution in [3.05, 3.63) is 47.8 Å². The summed E-state index contributed by atoms with van der Waals surface area (Å²) in [5, 5.41) is 4.17. The number of nitrogens with zero attached hydrogens (tertiary/aromatic N) is 4. The molecule has 1 amide bonds. The number of aromatic nitrogens is 2. The van der Waals surface area contributed by atoms with Crippen molar-refractivity contribution in [1.29, 1.82) is 0 Å². The molecule has 1 aliphatic rings. The molecule has 5 nitrogen and oxygen atoms in total. The molecule has 24 heavy (non-hydrogen) atoms. The molecule has 0 radical (unpaired) electrons. The highest BCUT2D eigenvalue weighted by Gasteiger charge is 2.24. The first-order valence-corrected chi connectivity index (χ1v) is 9.32. The average molecular weight is 344 g/mol. The lowest BCUT2D eigenvalue weighted by Gasteiger charge is -2.34. The molecule has 1 aromatic heterocycles. The van der Waals surface area contributed by atoms with E-state index in [-0.39, 0.29) is 5.91 Å². The summed E-state index contributed by atoms with van der Waals surface area (Å²) in [5.74, 6) is 1.19. The van der Waals surface area contributed by atoms with Crippen LogP contribution in [0, 0.1) is 6.92 Å². The number of piperazine rings is 1. The van der Waals surface area contributed by atoms with Crippen LogP contribution < -0.4 is 0 Å². The summed E-state index contributed by atoms with van der Waals surface area (Å²) in [6.07, 6.45) is 1.68. The van der Waals surface area contributed by atoms with E-state index >= 15 is 0 Å². The summed E-state index contributed by atoms with van der Waals surface area (Å²) >= 11 is 1.89. The van der Waals surface area contributed by atoms with Gasteiger partial charge in [0.1, 0.15) is 0 Å². The lowest BCUT2D eigenvalue weighted by molar-refractivity contribution is 0.0644. The number of benzene rings is 1. The SMILES string of the molecule is Cc1c(C(=O)N2CCN(CCSc3ccccc3)CC2)cnn1C. The number of carbonyl (C=O) groups excluding carboxylic acids is 1. The highest BCUT2D eigenvalue weighted by atomic mass is 32.2. The summed E-state index contributed by atoms with van der Waals surface area (Å²) in [6, 6.07) is 10.5. The average Bonchev–Trinajstić information content (AvgIpc) is 2.95. The molecule has 128 valence electrons. The van der Waals surface area contributed by atoms with E-state index in [4.69, 9.17) is 0 Å². The number of hydrogen-bond donors (Lipinski definition) is 0. The zero-order chi connectivity index (χ0) is 16.9. The van der Waals surface area contributed by atoms with Gasteiger partial charge in [0, 0.05) is 56.1 Å². The molecule has 2 aromatic rings. The van der Waals surface area contributed by atoms with Gasteiger partial charge in [-0.15, -0.1) is 11.8 Å². The Hall–Kier alpha value is -1.79. The maximum Gasteiger partial charge on any atom is 0.257 e. The van der Waals surface area contributed by atoms with Crippen molar-refractivity contribution in [3.63, 3.8) is 0 Å². The number of amides is 1. The van der Waals surface area contributed by atoms with E-state index in [2.05, 4.69) is 34.3 Å². The molecule has 0 unspecified atom stereocenters. The van der Waals surface area contributed by atoms with E-state index in [1.807, 2.05) is 36.7 Å². The van der Waals surface area contributed by atoms with E-state index in [1.54, 1.807) is 10.9 Å². The van der Waals surface area contributed by atoms with Crippen LogP contribution in [0.15, 0.2) is 41.4 Å². The Morgan fingerprint density at radius 3 is 2.50 bits per heavy atom. The Morgan fingerprint density at radius 2 is 1.88 bits per heavy atom. The quantitative estimate of drug-likeness (QED) is 0.781. The van der Waals surface area contributed by atoms with Crippen LogP contribution >= 0.6 is 11.8 Å². The molecule has 1 aliphatic heterocycles. The molecule has 0 atom stereocenters. The maximum atomic E-state index is 12.6. The van der Waals surface area contributed by atoms with Crippen molar-refractivity contribution in [1.82, 2.24) is 19.6 Å². The van der Waals surface area contributed by atoms with E-state index in [9.17, 15) is 4.79 Å². The number of thioether (sulfide) groups is 1. The molecule has 1 saturated heterocycles. The van der Waals surface area contributed by atoms with Crippen molar-refractivity contribution in [3.8, 4) is 0 Å². The van der Waals surface area contributed by atoms with Crippen molar-refractivity contribution < 1.29 is 4.79 Å². The second kappa shape index (κ2) is 7.85. The zero-order valence-corrected chi connectivity index (χ0v) is 15.1. The van der Waals surface area contributed by atoms with Crippen LogP contribution in [0.1, 0.15) is 16.1 Å². The van der Waals surface area contributed by atoms with Crippen LogP contribution in [0.25, 0.3) is 0 Å². The van der Waals surface area contributed by atoms with Crippen LogP contribution in [0.2, 0.25) is 0 Å². The molecule has 0 spiro atoms. The minimum Gasteiger partial charge on any atom is -0.336 e. The highest BCUT2D eigenvalue weighted by molar-refractivity contribution is 7.99. The van der Waals surface area contributed by atoms with Gasteiger partial charge >= 0.3 is 0 Å². The van der Waals surface area contributed by atoms with Gasteiger partial charge in [0.05, 0.1) is 11.8 Å². The predicted molar refractivity (Wildman–Crippen MR) is 97.5 cm³/mol. The molecular weight excluding hydrogens is 320 g/mol. The standard InChI is InChI=1S/C18H24N4OS/c1-15-17(14-19-20(15)2)18(23)22-10-8-21(9-11-22)12-13-24-16-6-4-3-5-7-16/h3-7,14H,8-13H2,1-2H3. The summed E-state index contributed by atoms with van der Waals surface area (Å²) in [4.78, 5) is 18.3. The predicted octanol–water partition coefficient (Wildman–Crippen LogP) is 2.28. The van der Waals surface area contributed by atoms with Crippen molar-refractivity contribution in [2.75, 3.05) is 38.5 Å². The van der Waals surface area contributed by atoms with Gasteiger partial charge in [0.2, 0.25) is 0 Å². The molecule has 0 saturated carbocycles. The fourth-order valence-corrected chi connectivity index (χ4v) is 3.80. The lowest BCUT2D eigenvalue weighted by atomic mass is 10.2. The Morgan fingerprint density at radius 1 is 1.17 bits per heavy atom. The zero-order valence-electron chi connectivity index (χ0n) is 14.3. The summed E-state index contributed by atoms with van der Waals surface area (Å²) in [5.41, 5.74) is 1.66. The van der Waals surface area contributed by atoms with Crippen LogP contribution in [0.3, 0.4) is 0 Å². The first kappa shape index (κ1) is 17.0. The molecule has 3 rings (SSSR count). The Bertz CT molecular complexity index is 678. The van der Waals surface area contributed by atoms with Crippen LogP contribution in [-0.2, 0) is 7.05 Å². The third-order valence-electron chi connectivity index (χ3n) is 4.54. The summed E-state index contributed by atoms with van der Waals surface area (Å²) < 4.78 is 1.75. The number of carbonyl (C=O) groups is 1. The highest BCUT2D eigenvalue weighted by Crippen LogP contribution is 2.17. The third kappa shape index (κ3) is 3.99. The minimum atomic E-state index is 0.110. The number of aryl methyl sites for hydroxylation is 1. The topological polar surface area (TPSA) is 41.4 Å². The minimum absolute atomic E-state index is 0.110. The molecule has 0 aliphatic carbocycles. The Labute approximate surface area is 147 Å². The molecule has 1 aromatic carbocycles. The smallest absolute Gasteiger partial charge is 0.257 e. The normalized spacial score (nSPS) is 15.7. The first-order valence-electron chi connectivity index (χ1n) is 8.33. The third-order valence-corrected chi connectivity index (χ3v) is 5.54. The second-order valence-corrected chi connectivity index (χ2v) is 7.23. The van der Waals surface area contributed by atoms with Crippen LogP contribution in [0.4, 0.5) is 0 Å². The van der Waals surface area contributed by atoms with Gasteiger partial charge in [-0.05, 0) is 19.1 Å². The molecule has 0 bridgehead atoms. The van der Waals surface area contributed by atoms with E-state index < -0.39 is 0 Å². The molecule has 1 fully saturated rings. The van der Waals surface area contributed by atoms with Gasteiger partial charge in [-0.2, -0.15) is 5.10 Å². The first-order chi connectivity index (χ1) is 11.6. The molecular formula is C18H24N4OS. The Balaban J connectivity index is 1.44. The van der Waals surface area contributed by atoms with Gasteiger partial charge in [0.25, 0.3) is 5.91 Å². The monoisotopic (exact) mass is 344 g/mol. The van der Waals surface area contributed by atoms with Gasteiger partial charge < -0.3 is 4.90 Å². The fourth-order valence-electron chi connectivity index (χ4n) is 2.86. The van der Waals surface area contributed by atoms with Gasteiger partial charge in [0.15, 0.2) is 0 Å². The number of rotatable bonds is 5. The second-order valence-electron chi connectivity index (χ2n) is 6.06. The lowest BCUT2D eigenvalue weighted by Crippen LogP contribution is -2.49. The summed E-state index contributed by atoms with van der Waals surface area (Å²) in [6.45, 7) is 6.48. The van der Waals surface area contributed by atoms with Gasteiger partial charge in [-0.3, -0.25) is 14.4 Å². The molecule has 0 N–H and O–H groups in total. The van der Waals surface area contributed by atoms with E-state index in [0.29, 0.717) is 0 Å². The largest absolute Gasteiger partial charge is 0.336 e. The fraction of sp³-hybridized carbons (Fsp3) is 0.444. The molecule has 2 heterocycles.